The minimum atomic E-state index is -1.98. The van der Waals surface area contributed by atoms with Crippen LogP contribution in [0, 0.1) is 0 Å². The lowest BCUT2D eigenvalue weighted by atomic mass is 9.99. The van der Waals surface area contributed by atoms with Crippen LogP contribution in [0.4, 0.5) is 0 Å². The van der Waals surface area contributed by atoms with Crippen molar-refractivity contribution >= 4 is 22.6 Å². The fourth-order valence-electron chi connectivity index (χ4n) is 1.11. The molecule has 0 aromatic heterocycles. The van der Waals surface area contributed by atoms with Gasteiger partial charge in [0.25, 0.3) is 0 Å². The van der Waals surface area contributed by atoms with Crippen LogP contribution in [0.5, 0.6) is 0 Å². The predicted octanol–water partition coefficient (Wildman–Crippen LogP) is -2.46. The van der Waals surface area contributed by atoms with Crippen LogP contribution in [0.2, 0.25) is 0 Å². The van der Waals surface area contributed by atoms with Crippen LogP contribution in [0.1, 0.15) is 0 Å². The van der Waals surface area contributed by atoms with E-state index in [1.54, 1.807) is 0 Å². The molecule has 0 aliphatic carbocycles. The third kappa shape index (κ3) is 2.12. The number of hydrogen-bond acceptors (Lipinski definition) is 6. The number of alkyl halides is 1. The van der Waals surface area contributed by atoms with Gasteiger partial charge in [-0.2, -0.15) is 0 Å². The molecule has 0 aromatic rings. The summed E-state index contributed by atoms with van der Waals surface area (Å²) >= 11 is 1.38. The second-order valence-corrected chi connectivity index (χ2v) is 4.42. The molecule has 1 fully saturated rings. The summed E-state index contributed by atoms with van der Waals surface area (Å²) in [5, 5.41) is 45.7. The molecule has 1 aliphatic heterocycles. The molecule has 0 amide bonds. The molecule has 1 saturated heterocycles. The first-order valence-electron chi connectivity index (χ1n) is 3.64. The van der Waals surface area contributed by atoms with Gasteiger partial charge in [0.1, 0.15) is 24.4 Å². The molecule has 1 aliphatic rings. The molecule has 0 radical (unpaired) electrons. The van der Waals surface area contributed by atoms with Crippen molar-refractivity contribution in [3.8, 4) is 0 Å². The minimum absolute atomic E-state index is 0.545. The maximum absolute atomic E-state index is 9.36. The van der Waals surface area contributed by atoms with E-state index < -0.39 is 34.8 Å². The standard InChI is InChI=1S/C6H11IO6/c7-6(12)5(11)4(10)3(9)2(1-8)13-6/h2-5,8-12H,1H2/t2-,3+,4+,5-,6-/m1/s1. The van der Waals surface area contributed by atoms with Gasteiger partial charge in [-0.15, -0.1) is 0 Å². The van der Waals surface area contributed by atoms with Crippen molar-refractivity contribution in [2.75, 3.05) is 6.61 Å². The van der Waals surface area contributed by atoms with E-state index in [2.05, 4.69) is 0 Å². The number of ether oxygens (including phenoxy) is 1. The molecule has 7 heteroatoms. The van der Waals surface area contributed by atoms with Gasteiger partial charge in [0.2, 0.25) is 3.79 Å². The highest BCUT2D eigenvalue weighted by molar-refractivity contribution is 14.1. The highest BCUT2D eigenvalue weighted by atomic mass is 127. The lowest BCUT2D eigenvalue weighted by Gasteiger charge is -2.42. The van der Waals surface area contributed by atoms with Crippen molar-refractivity contribution < 1.29 is 30.3 Å². The van der Waals surface area contributed by atoms with Crippen molar-refractivity contribution in [1.82, 2.24) is 0 Å². The first kappa shape index (κ1) is 11.6. The SMILES string of the molecule is OC[C@H]1O[C@@](O)(I)[C@H](O)[C@@H](O)[C@H]1O. The summed E-state index contributed by atoms with van der Waals surface area (Å²) in [6, 6.07) is 0. The number of halogens is 1. The van der Waals surface area contributed by atoms with Crippen LogP contribution in [-0.4, -0.2) is 60.3 Å². The number of aliphatic hydroxyl groups is 5. The molecule has 5 atom stereocenters. The summed E-state index contributed by atoms with van der Waals surface area (Å²) in [5.41, 5.74) is 0. The van der Waals surface area contributed by atoms with Crippen molar-refractivity contribution in [1.29, 1.82) is 0 Å². The van der Waals surface area contributed by atoms with Crippen LogP contribution in [0.25, 0.3) is 0 Å². The van der Waals surface area contributed by atoms with Crippen molar-refractivity contribution in [3.63, 3.8) is 0 Å². The molecule has 0 unspecified atom stereocenters. The third-order valence-corrected chi connectivity index (χ3v) is 2.81. The van der Waals surface area contributed by atoms with E-state index in [1.165, 1.54) is 22.6 Å². The molecule has 0 saturated carbocycles. The topological polar surface area (TPSA) is 110 Å². The van der Waals surface area contributed by atoms with E-state index in [1.807, 2.05) is 0 Å². The molecule has 1 rings (SSSR count). The zero-order valence-electron chi connectivity index (χ0n) is 6.54. The molecular weight excluding hydrogens is 295 g/mol. The molecule has 5 N–H and O–H groups in total. The van der Waals surface area contributed by atoms with Gasteiger partial charge in [-0.05, 0) is 22.6 Å². The van der Waals surface area contributed by atoms with Crippen LogP contribution in [-0.2, 0) is 4.74 Å². The molecular formula is C6H11IO6. The van der Waals surface area contributed by atoms with Gasteiger partial charge in [0.15, 0.2) is 0 Å². The molecule has 0 bridgehead atoms. The predicted molar refractivity (Wildman–Crippen MR) is 48.9 cm³/mol. The summed E-state index contributed by atoms with van der Waals surface area (Å²) in [6.45, 7) is -0.545. The summed E-state index contributed by atoms with van der Waals surface area (Å²) in [6.07, 6.45) is -5.64. The van der Waals surface area contributed by atoms with Gasteiger partial charge >= 0.3 is 0 Å². The Kier molecular flexibility index (Phi) is 3.49. The first-order valence-corrected chi connectivity index (χ1v) is 4.72. The van der Waals surface area contributed by atoms with Crippen LogP contribution >= 0.6 is 22.6 Å². The Morgan fingerprint density at radius 1 is 1.23 bits per heavy atom. The van der Waals surface area contributed by atoms with E-state index in [4.69, 9.17) is 9.84 Å². The summed E-state index contributed by atoms with van der Waals surface area (Å²) in [7, 11) is 0. The maximum Gasteiger partial charge on any atom is 0.248 e. The van der Waals surface area contributed by atoms with Crippen molar-refractivity contribution in [2.24, 2.45) is 0 Å². The summed E-state index contributed by atoms with van der Waals surface area (Å²) in [4.78, 5) is 0. The first-order chi connectivity index (χ1) is 5.90. The number of hydrogen-bond donors (Lipinski definition) is 5. The average Bonchev–Trinajstić information content (AvgIpc) is 2.08. The highest BCUT2D eigenvalue weighted by Crippen LogP contribution is 2.32. The fourth-order valence-corrected chi connectivity index (χ4v) is 1.81. The normalized spacial score (nSPS) is 52.2. The maximum atomic E-state index is 9.36. The second-order valence-electron chi connectivity index (χ2n) is 2.87. The Morgan fingerprint density at radius 3 is 2.23 bits per heavy atom. The van der Waals surface area contributed by atoms with Gasteiger partial charge in [0, 0.05) is 0 Å². The van der Waals surface area contributed by atoms with E-state index >= 15 is 0 Å². The summed E-state index contributed by atoms with van der Waals surface area (Å²) < 4.78 is 2.77. The van der Waals surface area contributed by atoms with Crippen LogP contribution in [0.15, 0.2) is 0 Å². The van der Waals surface area contributed by atoms with Gasteiger partial charge < -0.3 is 30.3 Å². The minimum Gasteiger partial charge on any atom is -0.394 e. The van der Waals surface area contributed by atoms with Crippen molar-refractivity contribution in [3.05, 3.63) is 0 Å². The molecule has 13 heavy (non-hydrogen) atoms. The number of rotatable bonds is 1. The van der Waals surface area contributed by atoms with E-state index in [0.717, 1.165) is 0 Å². The average molecular weight is 306 g/mol. The highest BCUT2D eigenvalue weighted by Gasteiger charge is 2.51. The van der Waals surface area contributed by atoms with Gasteiger partial charge in [-0.1, -0.05) is 0 Å². The second kappa shape index (κ2) is 3.93. The Balaban J connectivity index is 2.79. The zero-order chi connectivity index (χ0) is 10.2. The molecule has 6 nitrogen and oxygen atoms in total. The van der Waals surface area contributed by atoms with Gasteiger partial charge in [-0.3, -0.25) is 0 Å². The van der Waals surface area contributed by atoms with Gasteiger partial charge in [0.05, 0.1) is 6.61 Å². The molecule has 0 aromatic carbocycles. The monoisotopic (exact) mass is 306 g/mol. The number of aliphatic hydroxyl groups excluding tert-OH is 4. The Labute approximate surface area is 87.9 Å². The molecule has 1 heterocycles. The smallest absolute Gasteiger partial charge is 0.248 e. The lowest BCUT2D eigenvalue weighted by molar-refractivity contribution is -0.296. The molecule has 0 spiro atoms. The zero-order valence-corrected chi connectivity index (χ0v) is 8.70. The molecule has 78 valence electrons. The largest absolute Gasteiger partial charge is 0.394 e. The van der Waals surface area contributed by atoms with E-state index in [-0.39, 0.29) is 0 Å². The van der Waals surface area contributed by atoms with Crippen molar-refractivity contribution in [2.45, 2.75) is 28.2 Å². The Morgan fingerprint density at radius 2 is 1.77 bits per heavy atom. The quantitative estimate of drug-likeness (QED) is 0.271. The third-order valence-electron chi connectivity index (χ3n) is 1.92. The Hall–Kier alpha value is 0.490. The Bertz CT molecular complexity index is 184. The van der Waals surface area contributed by atoms with E-state index in [9.17, 15) is 20.4 Å². The van der Waals surface area contributed by atoms with Crippen LogP contribution in [0.3, 0.4) is 0 Å². The fraction of sp³-hybridized carbons (Fsp3) is 1.00. The lowest BCUT2D eigenvalue weighted by Crippen LogP contribution is -2.62. The van der Waals surface area contributed by atoms with Crippen LogP contribution < -0.4 is 0 Å². The van der Waals surface area contributed by atoms with Gasteiger partial charge in [-0.25, -0.2) is 0 Å². The van der Waals surface area contributed by atoms with E-state index in [0.29, 0.717) is 0 Å². The summed E-state index contributed by atoms with van der Waals surface area (Å²) in [5.74, 6) is 0.